The van der Waals surface area contributed by atoms with Crippen molar-refractivity contribution in [2.75, 3.05) is 37.7 Å². The number of aromatic nitrogens is 3. The lowest BCUT2D eigenvalue weighted by Crippen LogP contribution is -2.37. The number of rotatable bonds is 5. The maximum atomic E-state index is 12.3. The van der Waals surface area contributed by atoms with Gasteiger partial charge in [-0.3, -0.25) is 4.79 Å². The standard InChI is InChI=1S/C19H21N5O2/c25-19(17-12-23-18(13-22-17)24-7-9-26-10-8-24)20-6-5-14-11-21-16-4-2-1-3-15(14)16/h1-4,11-13,21H,5-10H2,(H,20,25). The summed E-state index contributed by atoms with van der Waals surface area (Å²) in [4.78, 5) is 26.2. The molecule has 0 aliphatic carbocycles. The number of nitrogens with one attached hydrogen (secondary N) is 2. The van der Waals surface area contributed by atoms with Crippen molar-refractivity contribution in [3.05, 3.63) is 54.1 Å². The van der Waals surface area contributed by atoms with E-state index in [9.17, 15) is 4.79 Å². The SMILES string of the molecule is O=C(NCCc1c[nH]c2ccccc12)c1cnc(N2CCOCC2)cn1. The Hall–Kier alpha value is -2.93. The van der Waals surface area contributed by atoms with E-state index in [-0.39, 0.29) is 5.91 Å². The molecular weight excluding hydrogens is 330 g/mol. The molecule has 134 valence electrons. The maximum Gasteiger partial charge on any atom is 0.271 e. The highest BCUT2D eigenvalue weighted by molar-refractivity contribution is 5.92. The molecule has 1 saturated heterocycles. The van der Waals surface area contributed by atoms with Gasteiger partial charge in [0.15, 0.2) is 0 Å². The third-order valence-electron chi connectivity index (χ3n) is 4.56. The van der Waals surface area contributed by atoms with E-state index in [2.05, 4.69) is 31.2 Å². The molecular formula is C19H21N5O2. The van der Waals surface area contributed by atoms with Gasteiger partial charge in [0.25, 0.3) is 5.91 Å². The molecule has 1 amide bonds. The minimum Gasteiger partial charge on any atom is -0.378 e. The molecule has 2 N–H and O–H groups in total. The molecule has 7 nitrogen and oxygen atoms in total. The van der Waals surface area contributed by atoms with Crippen LogP contribution < -0.4 is 10.2 Å². The van der Waals surface area contributed by atoms with Crippen LogP contribution in [0.15, 0.2) is 42.9 Å². The van der Waals surface area contributed by atoms with Gasteiger partial charge in [-0.05, 0) is 18.1 Å². The molecule has 26 heavy (non-hydrogen) atoms. The van der Waals surface area contributed by atoms with Crippen molar-refractivity contribution in [3.8, 4) is 0 Å². The predicted molar refractivity (Wildman–Crippen MR) is 99.4 cm³/mol. The van der Waals surface area contributed by atoms with Crippen molar-refractivity contribution >= 4 is 22.6 Å². The number of hydrogen-bond acceptors (Lipinski definition) is 5. The topological polar surface area (TPSA) is 83.1 Å². The number of ether oxygens (including phenoxy) is 1. The van der Waals surface area contributed by atoms with Crippen LogP contribution >= 0.6 is 0 Å². The second-order valence-corrected chi connectivity index (χ2v) is 6.22. The monoisotopic (exact) mass is 351 g/mol. The first-order valence-corrected chi connectivity index (χ1v) is 8.79. The molecule has 0 spiro atoms. The summed E-state index contributed by atoms with van der Waals surface area (Å²) < 4.78 is 5.33. The molecule has 0 bridgehead atoms. The first-order valence-electron chi connectivity index (χ1n) is 8.79. The molecule has 0 saturated carbocycles. The molecule has 0 atom stereocenters. The number of aromatic amines is 1. The van der Waals surface area contributed by atoms with Crippen LogP contribution in [0.5, 0.6) is 0 Å². The van der Waals surface area contributed by atoms with Gasteiger partial charge in [0.2, 0.25) is 0 Å². The highest BCUT2D eigenvalue weighted by Gasteiger charge is 2.14. The summed E-state index contributed by atoms with van der Waals surface area (Å²) in [6.45, 7) is 3.53. The van der Waals surface area contributed by atoms with Gasteiger partial charge in [0.05, 0.1) is 25.6 Å². The third-order valence-corrected chi connectivity index (χ3v) is 4.56. The number of para-hydroxylation sites is 1. The molecule has 0 radical (unpaired) electrons. The number of fused-ring (bicyclic) bond motifs is 1. The fraction of sp³-hybridized carbons (Fsp3) is 0.316. The van der Waals surface area contributed by atoms with Crippen LogP contribution in [-0.4, -0.2) is 53.7 Å². The summed E-state index contributed by atoms with van der Waals surface area (Å²) >= 11 is 0. The molecule has 3 aromatic rings. The Morgan fingerprint density at radius 3 is 2.85 bits per heavy atom. The van der Waals surface area contributed by atoms with Crippen molar-refractivity contribution in [2.45, 2.75) is 6.42 Å². The number of H-pyrrole nitrogens is 1. The quantitative estimate of drug-likeness (QED) is 0.732. The zero-order chi connectivity index (χ0) is 17.8. The Labute approximate surface area is 151 Å². The van der Waals surface area contributed by atoms with Gasteiger partial charge >= 0.3 is 0 Å². The summed E-state index contributed by atoms with van der Waals surface area (Å²) in [7, 11) is 0. The highest BCUT2D eigenvalue weighted by atomic mass is 16.5. The molecule has 2 aromatic heterocycles. The van der Waals surface area contributed by atoms with E-state index in [4.69, 9.17) is 4.74 Å². The number of nitrogens with zero attached hydrogens (tertiary/aromatic N) is 3. The van der Waals surface area contributed by atoms with E-state index in [1.165, 1.54) is 17.1 Å². The summed E-state index contributed by atoms with van der Waals surface area (Å²) in [6.07, 6.45) is 5.94. The first-order chi connectivity index (χ1) is 12.8. The Balaban J connectivity index is 1.33. The number of morpholine rings is 1. The van der Waals surface area contributed by atoms with E-state index in [1.807, 2.05) is 24.4 Å². The van der Waals surface area contributed by atoms with Crippen LogP contribution in [0.3, 0.4) is 0 Å². The van der Waals surface area contributed by atoms with E-state index in [0.29, 0.717) is 25.5 Å². The van der Waals surface area contributed by atoms with Gasteiger partial charge < -0.3 is 19.9 Å². The lowest BCUT2D eigenvalue weighted by molar-refractivity contribution is 0.0948. The molecule has 1 aliphatic heterocycles. The molecule has 0 unspecified atom stereocenters. The summed E-state index contributed by atoms with van der Waals surface area (Å²) in [6, 6.07) is 8.15. The fourth-order valence-corrected chi connectivity index (χ4v) is 3.13. The normalized spacial score (nSPS) is 14.5. The van der Waals surface area contributed by atoms with Crippen LogP contribution in [0.2, 0.25) is 0 Å². The Bertz CT molecular complexity index is 884. The first kappa shape index (κ1) is 16.5. The Morgan fingerprint density at radius 1 is 1.19 bits per heavy atom. The minimum absolute atomic E-state index is 0.203. The van der Waals surface area contributed by atoms with Crippen LogP contribution in [0.4, 0.5) is 5.82 Å². The summed E-state index contributed by atoms with van der Waals surface area (Å²) in [5, 5.41) is 4.10. The average molecular weight is 351 g/mol. The molecule has 4 rings (SSSR count). The van der Waals surface area contributed by atoms with Gasteiger partial charge in [-0.25, -0.2) is 9.97 Å². The smallest absolute Gasteiger partial charge is 0.271 e. The Kier molecular flexibility index (Phi) is 4.79. The largest absolute Gasteiger partial charge is 0.378 e. The zero-order valence-electron chi connectivity index (χ0n) is 14.4. The van der Waals surface area contributed by atoms with Gasteiger partial charge in [-0.15, -0.1) is 0 Å². The number of hydrogen-bond donors (Lipinski definition) is 2. The van der Waals surface area contributed by atoms with Crippen molar-refractivity contribution in [2.24, 2.45) is 0 Å². The van der Waals surface area contributed by atoms with Gasteiger partial charge in [-0.1, -0.05) is 18.2 Å². The fourth-order valence-electron chi connectivity index (χ4n) is 3.13. The predicted octanol–water partition coefficient (Wildman–Crippen LogP) is 1.77. The molecule has 3 heterocycles. The van der Waals surface area contributed by atoms with Crippen molar-refractivity contribution in [3.63, 3.8) is 0 Å². The van der Waals surface area contributed by atoms with Crippen LogP contribution in [0.25, 0.3) is 10.9 Å². The van der Waals surface area contributed by atoms with Gasteiger partial charge in [0, 0.05) is 36.7 Å². The van der Waals surface area contributed by atoms with Crippen LogP contribution in [0.1, 0.15) is 16.1 Å². The lowest BCUT2D eigenvalue weighted by Gasteiger charge is -2.27. The molecule has 1 fully saturated rings. The zero-order valence-corrected chi connectivity index (χ0v) is 14.4. The maximum absolute atomic E-state index is 12.3. The van der Waals surface area contributed by atoms with Crippen LogP contribution in [-0.2, 0) is 11.2 Å². The number of carbonyl (C=O) groups excluding carboxylic acids is 1. The third kappa shape index (κ3) is 3.52. The number of anilines is 1. The summed E-state index contributed by atoms with van der Waals surface area (Å²) in [5.41, 5.74) is 2.63. The minimum atomic E-state index is -0.203. The molecule has 1 aromatic carbocycles. The van der Waals surface area contributed by atoms with Crippen LogP contribution in [0, 0.1) is 0 Å². The van der Waals surface area contributed by atoms with Crippen molar-refractivity contribution < 1.29 is 9.53 Å². The Morgan fingerprint density at radius 2 is 2.04 bits per heavy atom. The highest BCUT2D eigenvalue weighted by Crippen LogP contribution is 2.17. The van der Waals surface area contributed by atoms with Crippen molar-refractivity contribution in [1.82, 2.24) is 20.3 Å². The van der Waals surface area contributed by atoms with Gasteiger partial charge in [-0.2, -0.15) is 0 Å². The average Bonchev–Trinajstić information content (AvgIpc) is 3.12. The summed E-state index contributed by atoms with van der Waals surface area (Å²) in [5.74, 6) is 0.578. The molecule has 1 aliphatic rings. The number of carbonyl (C=O) groups is 1. The number of amides is 1. The van der Waals surface area contributed by atoms with Gasteiger partial charge in [0.1, 0.15) is 11.5 Å². The van der Waals surface area contributed by atoms with E-state index in [0.717, 1.165) is 30.8 Å². The van der Waals surface area contributed by atoms with E-state index >= 15 is 0 Å². The second kappa shape index (κ2) is 7.53. The molecule has 7 heteroatoms. The lowest BCUT2D eigenvalue weighted by atomic mass is 10.1. The number of benzene rings is 1. The van der Waals surface area contributed by atoms with Crippen molar-refractivity contribution in [1.29, 1.82) is 0 Å². The second-order valence-electron chi connectivity index (χ2n) is 6.22. The van der Waals surface area contributed by atoms with E-state index < -0.39 is 0 Å². The van der Waals surface area contributed by atoms with E-state index in [1.54, 1.807) is 6.20 Å².